The fourth-order valence-corrected chi connectivity index (χ4v) is 7.95. The van der Waals surface area contributed by atoms with Crippen molar-refractivity contribution in [2.45, 2.75) is 75.3 Å². The Morgan fingerprint density at radius 3 is 3.02 bits per heavy atom. The molecule has 2 aromatic rings. The van der Waals surface area contributed by atoms with Gasteiger partial charge < -0.3 is 30.3 Å². The predicted octanol–water partition coefficient (Wildman–Crippen LogP) is 3.81. The van der Waals surface area contributed by atoms with E-state index < -0.39 is 11.8 Å². The molecule has 220 valence electrons. The molecule has 9 nitrogen and oxygen atoms in total. The third-order valence-corrected chi connectivity index (χ3v) is 9.97. The van der Waals surface area contributed by atoms with Crippen molar-refractivity contribution >= 4 is 17.7 Å². The Morgan fingerprint density at radius 1 is 1.20 bits per heavy atom. The fraction of sp³-hybridized carbons (Fsp3) is 0.645. The lowest BCUT2D eigenvalue weighted by molar-refractivity contribution is -0.0855. The molecule has 0 saturated carbocycles. The smallest absolute Gasteiger partial charge is 0.318 e. The molecule has 3 fully saturated rings. The molecule has 4 atom stereocenters. The van der Waals surface area contributed by atoms with Crippen LogP contribution in [-0.2, 0) is 34.5 Å². The number of alkyl halides is 1. The van der Waals surface area contributed by atoms with Gasteiger partial charge in [-0.3, -0.25) is 4.90 Å². The summed E-state index contributed by atoms with van der Waals surface area (Å²) in [7, 11) is 0. The number of anilines is 2. The molecule has 0 radical (unpaired) electrons. The van der Waals surface area contributed by atoms with Gasteiger partial charge in [0, 0.05) is 49.6 Å². The first kappa shape index (κ1) is 27.0. The first-order chi connectivity index (χ1) is 20.0. The lowest BCUT2D eigenvalue weighted by Gasteiger charge is -2.43. The second-order valence-corrected chi connectivity index (χ2v) is 12.7. The Morgan fingerprint density at radius 2 is 2.12 bits per heavy atom. The SMILES string of the molecule is N=CCC1COCCN(c2nc(OC[C@@]34CCCN3C[C@H](F)C4)nc3c2CO[C@@]2(CCCc4ccc(N)cc42)C3)C1. The number of nitrogens with zero attached hydrogens (tertiary/aromatic N) is 4. The first-order valence-electron chi connectivity index (χ1n) is 15.2. The molecule has 10 heteroatoms. The van der Waals surface area contributed by atoms with E-state index in [0.717, 1.165) is 68.0 Å². The molecule has 0 bridgehead atoms. The molecular weight excluding hydrogens is 523 g/mol. The van der Waals surface area contributed by atoms with Gasteiger partial charge in [0.1, 0.15) is 18.6 Å². The summed E-state index contributed by atoms with van der Waals surface area (Å²) in [5, 5.41) is 7.66. The van der Waals surface area contributed by atoms with Gasteiger partial charge in [-0.15, -0.1) is 0 Å². The summed E-state index contributed by atoms with van der Waals surface area (Å²) in [6.07, 6.45) is 7.44. The van der Waals surface area contributed by atoms with Crippen LogP contribution in [0.3, 0.4) is 0 Å². The van der Waals surface area contributed by atoms with Gasteiger partial charge in [-0.1, -0.05) is 6.07 Å². The monoisotopic (exact) mass is 564 g/mol. The Labute approximate surface area is 241 Å². The van der Waals surface area contributed by atoms with Crippen LogP contribution < -0.4 is 15.4 Å². The molecule has 0 amide bonds. The van der Waals surface area contributed by atoms with E-state index in [2.05, 4.69) is 21.9 Å². The minimum Gasteiger partial charge on any atom is -0.461 e. The number of hydrogen-bond donors (Lipinski definition) is 2. The van der Waals surface area contributed by atoms with E-state index >= 15 is 0 Å². The van der Waals surface area contributed by atoms with Crippen LogP contribution in [0.15, 0.2) is 18.2 Å². The highest BCUT2D eigenvalue weighted by Crippen LogP contribution is 2.47. The number of benzene rings is 1. The van der Waals surface area contributed by atoms with E-state index in [4.69, 9.17) is 35.3 Å². The zero-order chi connectivity index (χ0) is 28.0. The van der Waals surface area contributed by atoms with Crippen LogP contribution in [0.1, 0.15) is 60.9 Å². The topological polar surface area (TPSA) is 110 Å². The van der Waals surface area contributed by atoms with E-state index in [9.17, 15) is 4.39 Å². The molecule has 1 spiro atoms. The van der Waals surface area contributed by atoms with Crippen LogP contribution in [0, 0.1) is 11.3 Å². The van der Waals surface area contributed by atoms with Gasteiger partial charge in [0.2, 0.25) is 0 Å². The van der Waals surface area contributed by atoms with Crippen LogP contribution in [0.2, 0.25) is 0 Å². The van der Waals surface area contributed by atoms with E-state index in [0.29, 0.717) is 64.8 Å². The number of aromatic nitrogens is 2. The number of nitrogens with two attached hydrogens (primary N) is 1. The van der Waals surface area contributed by atoms with Gasteiger partial charge in [0.15, 0.2) is 0 Å². The van der Waals surface area contributed by atoms with Crippen molar-refractivity contribution < 1.29 is 18.6 Å². The minimum atomic E-state index is -0.808. The van der Waals surface area contributed by atoms with Crippen molar-refractivity contribution in [3.8, 4) is 6.01 Å². The van der Waals surface area contributed by atoms with Crippen molar-refractivity contribution in [1.29, 1.82) is 5.41 Å². The van der Waals surface area contributed by atoms with Crippen molar-refractivity contribution in [1.82, 2.24) is 14.9 Å². The molecule has 4 aliphatic heterocycles. The molecule has 1 aliphatic carbocycles. The number of halogens is 1. The van der Waals surface area contributed by atoms with E-state index in [1.54, 1.807) is 0 Å². The lowest BCUT2D eigenvalue weighted by Crippen LogP contribution is -2.44. The number of aryl methyl sites for hydroxylation is 1. The first-order valence-corrected chi connectivity index (χ1v) is 15.2. The van der Waals surface area contributed by atoms with Gasteiger partial charge in [-0.05, 0) is 74.5 Å². The van der Waals surface area contributed by atoms with Crippen LogP contribution in [-0.4, -0.2) is 78.8 Å². The van der Waals surface area contributed by atoms with E-state index in [1.165, 1.54) is 17.3 Å². The summed E-state index contributed by atoms with van der Waals surface area (Å²) in [5.41, 5.74) is 10.7. The maximum atomic E-state index is 14.5. The zero-order valence-corrected chi connectivity index (χ0v) is 23.7. The van der Waals surface area contributed by atoms with E-state index in [-0.39, 0.29) is 11.5 Å². The van der Waals surface area contributed by atoms with Gasteiger partial charge in [-0.2, -0.15) is 9.97 Å². The molecule has 1 aromatic heterocycles. The predicted molar refractivity (Wildman–Crippen MR) is 154 cm³/mol. The Bertz CT molecular complexity index is 1310. The molecular formula is C31H41FN6O3. The molecule has 3 N–H and O–H groups in total. The molecule has 1 unspecified atom stereocenters. The lowest BCUT2D eigenvalue weighted by atomic mass is 9.74. The number of fused-ring (bicyclic) bond motifs is 4. The highest BCUT2D eigenvalue weighted by molar-refractivity contribution is 5.55. The summed E-state index contributed by atoms with van der Waals surface area (Å²) in [4.78, 5) is 14.5. The van der Waals surface area contributed by atoms with Gasteiger partial charge in [0.05, 0.1) is 36.7 Å². The molecule has 5 heterocycles. The normalized spacial score (nSPS) is 31.4. The van der Waals surface area contributed by atoms with E-state index in [1.807, 2.05) is 6.07 Å². The number of ether oxygens (including phenoxy) is 3. The molecule has 3 saturated heterocycles. The van der Waals surface area contributed by atoms with Crippen molar-refractivity contribution in [3.05, 3.63) is 40.6 Å². The van der Waals surface area contributed by atoms with Crippen molar-refractivity contribution in [2.75, 3.05) is 56.6 Å². The summed E-state index contributed by atoms with van der Waals surface area (Å²) < 4.78 is 33.6. The third kappa shape index (κ3) is 4.97. The largest absolute Gasteiger partial charge is 0.461 e. The zero-order valence-electron chi connectivity index (χ0n) is 23.7. The number of rotatable bonds is 6. The van der Waals surface area contributed by atoms with Gasteiger partial charge >= 0.3 is 6.01 Å². The molecule has 7 rings (SSSR count). The summed E-state index contributed by atoms with van der Waals surface area (Å²) in [5.74, 6) is 1.04. The van der Waals surface area contributed by atoms with Gasteiger partial charge in [0.25, 0.3) is 0 Å². The Kier molecular flexibility index (Phi) is 7.11. The molecule has 5 aliphatic rings. The number of hydrogen-bond acceptors (Lipinski definition) is 9. The molecule has 1 aromatic carbocycles. The third-order valence-electron chi connectivity index (χ3n) is 9.97. The van der Waals surface area contributed by atoms with Crippen LogP contribution in [0.25, 0.3) is 0 Å². The van der Waals surface area contributed by atoms with Crippen molar-refractivity contribution in [3.63, 3.8) is 0 Å². The minimum absolute atomic E-state index is 0.208. The van der Waals surface area contributed by atoms with Crippen LogP contribution in [0.5, 0.6) is 6.01 Å². The number of nitrogens with one attached hydrogen (secondary N) is 1. The van der Waals surface area contributed by atoms with Crippen LogP contribution >= 0.6 is 0 Å². The average Bonchev–Trinajstić information content (AvgIpc) is 3.38. The standard InChI is InChI=1S/C31H41FN6O3/c32-23-14-30(7-2-10-38(30)17-23)20-40-29-35-27-15-31(8-1-3-22-4-5-24(34)13-26(22)31)41-19-25(27)28(36-29)37-11-12-39-18-21(16-37)6-9-33/h4-5,9,13,21,23,33H,1-3,6-8,10-12,14-20,34H2/t21?,23-,30+,31+/m1/s1. The maximum Gasteiger partial charge on any atom is 0.318 e. The number of nitrogen functional groups attached to an aromatic ring is 1. The Hall–Kier alpha value is -2.82. The second-order valence-electron chi connectivity index (χ2n) is 12.7. The van der Waals surface area contributed by atoms with Gasteiger partial charge in [-0.25, -0.2) is 4.39 Å². The highest BCUT2D eigenvalue weighted by atomic mass is 19.1. The second kappa shape index (κ2) is 10.8. The Balaban J connectivity index is 1.25. The highest BCUT2D eigenvalue weighted by Gasteiger charge is 2.50. The summed E-state index contributed by atoms with van der Waals surface area (Å²) in [6.45, 7) is 4.88. The summed E-state index contributed by atoms with van der Waals surface area (Å²) in [6, 6.07) is 6.55. The average molecular weight is 565 g/mol. The summed E-state index contributed by atoms with van der Waals surface area (Å²) >= 11 is 0. The van der Waals surface area contributed by atoms with Crippen LogP contribution in [0.4, 0.5) is 15.9 Å². The maximum absolute atomic E-state index is 14.5. The van der Waals surface area contributed by atoms with Crippen molar-refractivity contribution in [2.24, 2.45) is 5.92 Å². The molecule has 41 heavy (non-hydrogen) atoms. The fourth-order valence-electron chi connectivity index (χ4n) is 7.95. The quantitative estimate of drug-likeness (QED) is 0.403.